The van der Waals surface area contributed by atoms with Crippen molar-refractivity contribution in [2.75, 3.05) is 0 Å². The third-order valence-corrected chi connectivity index (χ3v) is 4.57. The second kappa shape index (κ2) is 3.85. The Morgan fingerprint density at radius 2 is 2.00 bits per heavy atom. The fourth-order valence-corrected chi connectivity index (χ4v) is 3.32. The minimum atomic E-state index is -0.0917. The van der Waals surface area contributed by atoms with Crippen LogP contribution in [0, 0.1) is 17.2 Å². The Balaban J connectivity index is 2.38. The Morgan fingerprint density at radius 3 is 2.56 bits per heavy atom. The molecule has 0 bridgehead atoms. The van der Waals surface area contributed by atoms with Gasteiger partial charge in [-0.1, -0.05) is 39.0 Å². The van der Waals surface area contributed by atoms with Gasteiger partial charge in [-0.2, -0.15) is 0 Å². The van der Waals surface area contributed by atoms with Crippen molar-refractivity contribution in [1.29, 1.82) is 0 Å². The van der Waals surface area contributed by atoms with Crippen LogP contribution in [0.5, 0.6) is 0 Å². The van der Waals surface area contributed by atoms with Crippen LogP contribution in [-0.4, -0.2) is 6.04 Å². The van der Waals surface area contributed by atoms with E-state index in [-0.39, 0.29) is 23.2 Å². The lowest BCUT2D eigenvalue weighted by atomic mass is 9.49. The first-order valence-electron chi connectivity index (χ1n) is 6.02. The summed E-state index contributed by atoms with van der Waals surface area (Å²) in [4.78, 5) is 0. The smallest absolute Gasteiger partial charge is 0.126 e. The van der Waals surface area contributed by atoms with Crippen molar-refractivity contribution in [3.05, 3.63) is 35.6 Å². The third-order valence-electron chi connectivity index (χ3n) is 4.57. The Labute approximate surface area is 96.9 Å². The van der Waals surface area contributed by atoms with Gasteiger partial charge in [0.05, 0.1) is 0 Å². The molecule has 1 fully saturated rings. The molecule has 0 aliphatic heterocycles. The number of rotatable bonds is 2. The maximum absolute atomic E-state index is 13.8. The summed E-state index contributed by atoms with van der Waals surface area (Å²) in [7, 11) is 0. The van der Waals surface area contributed by atoms with Gasteiger partial charge in [-0.25, -0.2) is 4.39 Å². The van der Waals surface area contributed by atoms with Crippen LogP contribution in [0.15, 0.2) is 24.3 Å². The molecular weight excluding hydrogens is 201 g/mol. The fraction of sp³-hybridized carbons (Fsp3) is 0.571. The molecule has 0 saturated heterocycles. The molecule has 1 aromatic rings. The van der Waals surface area contributed by atoms with Gasteiger partial charge in [0.1, 0.15) is 5.82 Å². The van der Waals surface area contributed by atoms with Crippen molar-refractivity contribution < 1.29 is 4.39 Å². The van der Waals surface area contributed by atoms with Gasteiger partial charge in [-0.3, -0.25) is 0 Å². The standard InChI is InChI=1S/C14H20FN/c1-4-14(3)12(9(2)13(14)16)10-7-5-6-8-11(10)15/h5-9,12-13H,4,16H2,1-3H3. The van der Waals surface area contributed by atoms with Crippen LogP contribution in [0.2, 0.25) is 0 Å². The second-order valence-electron chi connectivity index (χ2n) is 5.24. The van der Waals surface area contributed by atoms with E-state index in [2.05, 4.69) is 20.8 Å². The van der Waals surface area contributed by atoms with Gasteiger partial charge in [0, 0.05) is 6.04 Å². The van der Waals surface area contributed by atoms with Crippen LogP contribution < -0.4 is 5.73 Å². The minimum absolute atomic E-state index is 0.0433. The first-order valence-corrected chi connectivity index (χ1v) is 6.02. The first kappa shape index (κ1) is 11.6. The van der Waals surface area contributed by atoms with Gasteiger partial charge in [-0.05, 0) is 35.3 Å². The zero-order valence-electron chi connectivity index (χ0n) is 10.2. The number of hydrogen-bond acceptors (Lipinski definition) is 1. The van der Waals surface area contributed by atoms with Crippen molar-refractivity contribution in [3.8, 4) is 0 Å². The largest absolute Gasteiger partial charge is 0.327 e. The van der Waals surface area contributed by atoms with E-state index in [1.807, 2.05) is 12.1 Å². The van der Waals surface area contributed by atoms with Crippen molar-refractivity contribution >= 4 is 0 Å². The molecule has 16 heavy (non-hydrogen) atoms. The van der Waals surface area contributed by atoms with Crippen LogP contribution in [0.4, 0.5) is 4.39 Å². The molecule has 2 N–H and O–H groups in total. The number of benzene rings is 1. The lowest BCUT2D eigenvalue weighted by Crippen LogP contribution is -2.61. The summed E-state index contributed by atoms with van der Waals surface area (Å²) in [6, 6.07) is 7.27. The van der Waals surface area contributed by atoms with Gasteiger partial charge in [-0.15, -0.1) is 0 Å². The summed E-state index contributed by atoms with van der Waals surface area (Å²) >= 11 is 0. The Bertz CT molecular complexity index is 390. The van der Waals surface area contributed by atoms with E-state index in [4.69, 9.17) is 5.73 Å². The van der Waals surface area contributed by atoms with Crippen LogP contribution in [0.25, 0.3) is 0 Å². The van der Waals surface area contributed by atoms with E-state index in [0.717, 1.165) is 12.0 Å². The maximum Gasteiger partial charge on any atom is 0.126 e. The molecule has 1 aromatic carbocycles. The zero-order valence-corrected chi connectivity index (χ0v) is 10.2. The number of nitrogens with two attached hydrogens (primary N) is 1. The van der Waals surface area contributed by atoms with Gasteiger partial charge in [0.2, 0.25) is 0 Å². The first-order chi connectivity index (χ1) is 7.52. The maximum atomic E-state index is 13.8. The highest BCUT2D eigenvalue weighted by Crippen LogP contribution is 2.57. The Kier molecular flexibility index (Phi) is 2.79. The van der Waals surface area contributed by atoms with Crippen molar-refractivity contribution in [3.63, 3.8) is 0 Å². The molecule has 0 heterocycles. The zero-order chi connectivity index (χ0) is 11.9. The monoisotopic (exact) mass is 221 g/mol. The molecule has 2 rings (SSSR count). The molecule has 1 saturated carbocycles. The topological polar surface area (TPSA) is 26.0 Å². The molecule has 1 aliphatic carbocycles. The number of halogens is 1. The Morgan fingerprint density at radius 1 is 1.38 bits per heavy atom. The number of hydrogen-bond donors (Lipinski definition) is 1. The summed E-state index contributed by atoms with van der Waals surface area (Å²) in [6.45, 7) is 6.44. The summed E-state index contributed by atoms with van der Waals surface area (Å²) in [6.07, 6.45) is 0.998. The molecule has 0 spiro atoms. The van der Waals surface area contributed by atoms with Gasteiger partial charge >= 0.3 is 0 Å². The SMILES string of the molecule is CCC1(C)C(N)C(C)C1c1ccccc1F. The van der Waals surface area contributed by atoms with E-state index in [1.165, 1.54) is 0 Å². The van der Waals surface area contributed by atoms with Crippen molar-refractivity contribution in [2.45, 2.75) is 39.2 Å². The van der Waals surface area contributed by atoms with E-state index in [1.54, 1.807) is 12.1 Å². The van der Waals surface area contributed by atoms with Gasteiger partial charge in [0.15, 0.2) is 0 Å². The van der Waals surface area contributed by atoms with Crippen LogP contribution in [0.1, 0.15) is 38.7 Å². The molecule has 88 valence electrons. The Hall–Kier alpha value is -0.890. The minimum Gasteiger partial charge on any atom is -0.327 e. The highest BCUT2D eigenvalue weighted by atomic mass is 19.1. The molecule has 4 atom stereocenters. The van der Waals surface area contributed by atoms with Crippen LogP contribution in [-0.2, 0) is 0 Å². The van der Waals surface area contributed by atoms with E-state index >= 15 is 0 Å². The predicted octanol–water partition coefficient (Wildman–Crippen LogP) is 3.30. The third kappa shape index (κ3) is 1.40. The summed E-state index contributed by atoms with van der Waals surface area (Å²) in [5, 5.41) is 0. The molecule has 2 heteroatoms. The summed E-state index contributed by atoms with van der Waals surface area (Å²) in [5.74, 6) is 0.529. The average molecular weight is 221 g/mol. The molecule has 4 unspecified atom stereocenters. The van der Waals surface area contributed by atoms with E-state index in [0.29, 0.717) is 5.92 Å². The van der Waals surface area contributed by atoms with E-state index in [9.17, 15) is 4.39 Å². The molecule has 0 radical (unpaired) electrons. The summed E-state index contributed by atoms with van der Waals surface area (Å²) < 4.78 is 13.8. The fourth-order valence-electron chi connectivity index (χ4n) is 3.32. The van der Waals surface area contributed by atoms with Crippen LogP contribution in [0.3, 0.4) is 0 Å². The lowest BCUT2D eigenvalue weighted by molar-refractivity contribution is 0.00171. The van der Waals surface area contributed by atoms with E-state index < -0.39 is 0 Å². The summed E-state index contributed by atoms with van der Waals surface area (Å²) in [5.41, 5.74) is 7.04. The molecule has 0 amide bonds. The predicted molar refractivity (Wildman–Crippen MR) is 64.7 cm³/mol. The lowest BCUT2D eigenvalue weighted by Gasteiger charge is -2.58. The second-order valence-corrected chi connectivity index (χ2v) is 5.24. The highest BCUT2D eigenvalue weighted by molar-refractivity contribution is 5.30. The van der Waals surface area contributed by atoms with Crippen molar-refractivity contribution in [1.82, 2.24) is 0 Å². The average Bonchev–Trinajstić information content (AvgIpc) is 2.31. The molecule has 1 aliphatic rings. The molecular formula is C14H20FN. The quantitative estimate of drug-likeness (QED) is 0.814. The van der Waals surface area contributed by atoms with Crippen molar-refractivity contribution in [2.24, 2.45) is 17.1 Å². The van der Waals surface area contributed by atoms with Gasteiger partial charge < -0.3 is 5.73 Å². The van der Waals surface area contributed by atoms with Gasteiger partial charge in [0.25, 0.3) is 0 Å². The highest BCUT2D eigenvalue weighted by Gasteiger charge is 2.55. The molecule has 0 aromatic heterocycles. The van der Waals surface area contributed by atoms with Crippen LogP contribution >= 0.6 is 0 Å². The normalized spacial score (nSPS) is 38.2. The molecule has 1 nitrogen and oxygen atoms in total.